The average Bonchev–Trinajstić information content (AvgIpc) is 2.82. The lowest BCUT2D eigenvalue weighted by Crippen LogP contribution is -2.60. The van der Waals surface area contributed by atoms with E-state index in [9.17, 15) is 40.2 Å². The van der Waals surface area contributed by atoms with Gasteiger partial charge in [-0.15, -0.1) is 0 Å². The molecule has 7 N–H and O–H groups in total. The van der Waals surface area contributed by atoms with Crippen molar-refractivity contribution in [2.75, 3.05) is 7.11 Å². The first-order chi connectivity index (χ1) is 17.0. The molecule has 1 aromatic heterocycles. The number of carboxylic acid groups (broad SMARTS) is 1. The van der Waals surface area contributed by atoms with E-state index in [1.807, 2.05) is 0 Å². The Bertz CT molecular complexity index is 1370. The highest BCUT2D eigenvalue weighted by Crippen LogP contribution is 2.38. The first kappa shape index (κ1) is 24.9. The molecule has 3 aromatic rings. The maximum Gasteiger partial charge on any atom is 0.508 e. The summed E-state index contributed by atoms with van der Waals surface area (Å²) in [6.45, 7) is 0. The van der Waals surface area contributed by atoms with Gasteiger partial charge in [-0.25, -0.2) is 4.79 Å². The zero-order valence-corrected chi connectivity index (χ0v) is 18.3. The molecule has 0 aliphatic carbocycles. The topological polar surface area (TPSA) is 226 Å². The molecule has 1 saturated heterocycles. The van der Waals surface area contributed by atoms with E-state index < -0.39 is 59.4 Å². The van der Waals surface area contributed by atoms with Crippen molar-refractivity contribution in [1.29, 1.82) is 0 Å². The molecule has 0 bridgehead atoms. The molecule has 1 fully saturated rings. The summed E-state index contributed by atoms with van der Waals surface area (Å²) in [4.78, 5) is 23.6. The number of benzene rings is 2. The second-order valence-electron chi connectivity index (χ2n) is 7.66. The fourth-order valence-electron chi connectivity index (χ4n) is 3.59. The number of rotatable bonds is 5. The number of hydrogen-bond acceptors (Lipinski definition) is 13. The lowest BCUT2D eigenvalue weighted by molar-refractivity contribution is -0.321. The summed E-state index contributed by atoms with van der Waals surface area (Å²) in [7, 11) is 1.29. The van der Waals surface area contributed by atoms with Crippen LogP contribution in [-0.2, 0) is 9.47 Å². The molecular weight excluding hydrogens is 488 g/mol. The van der Waals surface area contributed by atoms with E-state index in [1.54, 1.807) is 0 Å². The number of hydrogen-bond donors (Lipinski definition) is 7. The first-order valence-corrected chi connectivity index (χ1v) is 10.2. The van der Waals surface area contributed by atoms with Gasteiger partial charge in [-0.2, -0.15) is 0 Å². The van der Waals surface area contributed by atoms with E-state index in [0.29, 0.717) is 0 Å². The van der Waals surface area contributed by atoms with Crippen LogP contribution < -0.4 is 14.9 Å². The summed E-state index contributed by atoms with van der Waals surface area (Å²) < 4.78 is 25.5. The predicted octanol–water partition coefficient (Wildman–Crippen LogP) is 0.424. The molecule has 0 saturated carbocycles. The summed E-state index contributed by atoms with van der Waals surface area (Å²) >= 11 is 0. The van der Waals surface area contributed by atoms with Crippen molar-refractivity contribution in [3.05, 3.63) is 40.6 Å². The molecule has 0 radical (unpaired) electrons. The molecule has 4 rings (SSSR count). The molecule has 5 atom stereocenters. The Labute approximate surface area is 200 Å². The van der Waals surface area contributed by atoms with Gasteiger partial charge in [-0.05, 0) is 18.2 Å². The fraction of sp³-hybridized carbons (Fsp3) is 0.273. The van der Waals surface area contributed by atoms with Crippen LogP contribution in [0.4, 0.5) is 4.79 Å². The number of ether oxygens (including phenoxy) is 4. The number of carbonyl (C=O) groups is 1. The average molecular weight is 508 g/mol. The molecule has 14 nitrogen and oxygen atoms in total. The summed E-state index contributed by atoms with van der Waals surface area (Å²) in [5.74, 6) is -2.31. The van der Waals surface area contributed by atoms with Crippen LogP contribution in [0.5, 0.6) is 28.7 Å². The van der Waals surface area contributed by atoms with Crippen LogP contribution in [0.3, 0.4) is 0 Å². The number of methoxy groups -OCH3 is 1. The third-order valence-corrected chi connectivity index (χ3v) is 5.36. The van der Waals surface area contributed by atoms with Gasteiger partial charge in [0.1, 0.15) is 40.8 Å². The van der Waals surface area contributed by atoms with Crippen molar-refractivity contribution in [3.63, 3.8) is 0 Å². The van der Waals surface area contributed by atoms with Crippen LogP contribution in [0.1, 0.15) is 0 Å². The summed E-state index contributed by atoms with van der Waals surface area (Å²) in [6, 6.07) is 5.89. The van der Waals surface area contributed by atoms with E-state index in [0.717, 1.165) is 12.1 Å². The zero-order chi connectivity index (χ0) is 26.3. The Morgan fingerprint density at radius 3 is 2.31 bits per heavy atom. The van der Waals surface area contributed by atoms with Crippen molar-refractivity contribution in [2.45, 2.75) is 30.9 Å². The second kappa shape index (κ2) is 9.43. The van der Waals surface area contributed by atoms with Gasteiger partial charge in [0.25, 0.3) is 0 Å². The molecule has 1 aliphatic heterocycles. The lowest BCUT2D eigenvalue weighted by atomic mass is 10.0. The SMILES string of the molecule is COc1cc(-c2oc3cc(OC4OC(OC(=O)O)C(O)C(O)C4O)cc(O)c3c(=O)c2O)ccc1O. The molecule has 0 spiro atoms. The Hall–Kier alpha value is -4.24. The number of phenols is 2. The second-order valence-corrected chi connectivity index (χ2v) is 7.66. The van der Waals surface area contributed by atoms with E-state index in [1.165, 1.54) is 25.3 Å². The van der Waals surface area contributed by atoms with Crippen LogP contribution in [0.2, 0.25) is 0 Å². The molecule has 0 amide bonds. The summed E-state index contributed by atoms with van der Waals surface area (Å²) in [5.41, 5.74) is -1.13. The smallest absolute Gasteiger partial charge is 0.507 e. The predicted molar refractivity (Wildman–Crippen MR) is 116 cm³/mol. The van der Waals surface area contributed by atoms with Crippen LogP contribution in [-0.4, -0.2) is 79.9 Å². The number of aliphatic hydroxyl groups excluding tert-OH is 3. The maximum atomic E-state index is 12.8. The third kappa shape index (κ3) is 4.40. The highest BCUT2D eigenvalue weighted by Gasteiger charge is 2.47. The van der Waals surface area contributed by atoms with Crippen molar-refractivity contribution in [1.82, 2.24) is 0 Å². The summed E-state index contributed by atoms with van der Waals surface area (Å²) in [5, 5.41) is 69.0. The maximum absolute atomic E-state index is 12.8. The molecule has 36 heavy (non-hydrogen) atoms. The van der Waals surface area contributed by atoms with Crippen molar-refractivity contribution in [2.24, 2.45) is 0 Å². The van der Waals surface area contributed by atoms with Gasteiger partial charge in [0.2, 0.25) is 23.8 Å². The molecule has 192 valence electrons. The molecule has 2 aromatic carbocycles. The minimum absolute atomic E-state index is 0.0249. The first-order valence-electron chi connectivity index (χ1n) is 10.2. The number of aliphatic hydroxyl groups is 3. The molecule has 5 unspecified atom stereocenters. The van der Waals surface area contributed by atoms with E-state index in [2.05, 4.69) is 4.74 Å². The van der Waals surface area contributed by atoms with E-state index in [-0.39, 0.29) is 34.2 Å². The zero-order valence-electron chi connectivity index (χ0n) is 18.3. The van der Waals surface area contributed by atoms with Crippen LogP contribution in [0.25, 0.3) is 22.3 Å². The van der Waals surface area contributed by atoms with Crippen molar-refractivity contribution >= 4 is 17.1 Å². The van der Waals surface area contributed by atoms with Gasteiger partial charge in [0.15, 0.2) is 17.3 Å². The molecule has 14 heteroatoms. The standard InChI is InChI=1S/C22H20O14/c1-32-11-4-7(2-3-9(11)23)19-16(27)14(25)13-10(24)5-8(6-12(13)34-19)33-20-17(28)15(26)18(29)21(35-20)36-22(30)31/h2-6,15,17-18,20-21,23-24,26-29H,1H3,(H,30,31). The molecular formula is C22H20O14. The van der Waals surface area contributed by atoms with Gasteiger partial charge >= 0.3 is 6.16 Å². The van der Waals surface area contributed by atoms with E-state index >= 15 is 0 Å². The number of phenolic OH excluding ortho intramolecular Hbond substituents is 2. The van der Waals surface area contributed by atoms with Gasteiger partial charge in [0.05, 0.1) is 7.11 Å². The minimum Gasteiger partial charge on any atom is -0.507 e. The highest BCUT2D eigenvalue weighted by atomic mass is 16.8. The number of aromatic hydroxyl groups is 3. The van der Waals surface area contributed by atoms with Gasteiger partial charge in [-0.1, -0.05) is 0 Å². The Kier molecular flexibility index (Phi) is 6.51. The van der Waals surface area contributed by atoms with Gasteiger partial charge in [-0.3, -0.25) is 9.53 Å². The number of fused-ring (bicyclic) bond motifs is 1. The van der Waals surface area contributed by atoms with E-state index in [4.69, 9.17) is 23.7 Å². The lowest BCUT2D eigenvalue weighted by Gasteiger charge is -2.38. The van der Waals surface area contributed by atoms with Crippen LogP contribution in [0.15, 0.2) is 39.5 Å². The minimum atomic E-state index is -1.92. The van der Waals surface area contributed by atoms with Gasteiger partial charge in [0, 0.05) is 17.7 Å². The normalized spacial score (nSPS) is 23.8. The van der Waals surface area contributed by atoms with Crippen LogP contribution in [0, 0.1) is 0 Å². The Balaban J connectivity index is 1.74. The quantitative estimate of drug-likeness (QED) is 0.232. The van der Waals surface area contributed by atoms with Crippen molar-refractivity contribution < 1.29 is 63.9 Å². The monoisotopic (exact) mass is 508 g/mol. The Morgan fingerprint density at radius 2 is 1.64 bits per heavy atom. The summed E-state index contributed by atoms with van der Waals surface area (Å²) in [6.07, 6.45) is -11.2. The molecule has 2 heterocycles. The molecule has 1 aliphatic rings. The van der Waals surface area contributed by atoms with Crippen LogP contribution >= 0.6 is 0 Å². The van der Waals surface area contributed by atoms with Crippen molar-refractivity contribution in [3.8, 4) is 40.1 Å². The Morgan fingerprint density at radius 1 is 0.944 bits per heavy atom. The largest absolute Gasteiger partial charge is 0.508 e. The van der Waals surface area contributed by atoms with Gasteiger partial charge < -0.3 is 54.4 Å². The highest BCUT2D eigenvalue weighted by molar-refractivity contribution is 5.88. The third-order valence-electron chi connectivity index (χ3n) is 5.36. The fourth-order valence-corrected chi connectivity index (χ4v) is 3.59.